The summed E-state index contributed by atoms with van der Waals surface area (Å²) in [5, 5.41) is 8.15. The number of esters is 1. The summed E-state index contributed by atoms with van der Waals surface area (Å²) in [6.45, 7) is 6.72. The van der Waals surface area contributed by atoms with Crippen molar-refractivity contribution in [2.45, 2.75) is 27.2 Å². The molecule has 0 fully saturated rings. The van der Waals surface area contributed by atoms with Crippen LogP contribution in [0.4, 0.5) is 10.8 Å². The van der Waals surface area contributed by atoms with Crippen LogP contribution in [0, 0.1) is 12.8 Å². The van der Waals surface area contributed by atoms with E-state index in [9.17, 15) is 9.59 Å². The van der Waals surface area contributed by atoms with Gasteiger partial charge in [0.15, 0.2) is 17.4 Å². The lowest BCUT2D eigenvalue weighted by Crippen LogP contribution is -2.21. The van der Waals surface area contributed by atoms with Gasteiger partial charge in [-0.1, -0.05) is 31.5 Å². The Balaban J connectivity index is 1.76. The molecule has 2 rings (SSSR count). The monoisotopic (exact) mass is 361 g/mol. The van der Waals surface area contributed by atoms with Gasteiger partial charge in [-0.2, -0.15) is 0 Å². The van der Waals surface area contributed by atoms with Gasteiger partial charge in [0.2, 0.25) is 0 Å². The van der Waals surface area contributed by atoms with Crippen LogP contribution in [0.3, 0.4) is 0 Å². The van der Waals surface area contributed by atoms with Gasteiger partial charge < -0.3 is 15.4 Å². The molecule has 1 amide bonds. The number of thiazole rings is 1. The van der Waals surface area contributed by atoms with E-state index < -0.39 is 5.97 Å². The fourth-order valence-corrected chi connectivity index (χ4v) is 2.66. The number of nitrogens with zero attached hydrogens (tertiary/aromatic N) is 1. The lowest BCUT2D eigenvalue weighted by atomic mass is 10.1. The van der Waals surface area contributed by atoms with Crippen LogP contribution in [0.25, 0.3) is 0 Å². The summed E-state index contributed by atoms with van der Waals surface area (Å²) in [4.78, 5) is 28.0. The van der Waals surface area contributed by atoms with E-state index in [0.717, 1.165) is 18.5 Å². The predicted octanol–water partition coefficient (Wildman–Crippen LogP) is 3.71. The van der Waals surface area contributed by atoms with Crippen molar-refractivity contribution in [1.29, 1.82) is 0 Å². The first-order valence-corrected chi connectivity index (χ1v) is 9.05. The Hall–Kier alpha value is -2.41. The second kappa shape index (κ2) is 9.17. The Morgan fingerprint density at radius 2 is 1.96 bits per heavy atom. The molecule has 0 unspecified atom stereocenters. The van der Waals surface area contributed by atoms with Crippen LogP contribution >= 0.6 is 11.3 Å². The van der Waals surface area contributed by atoms with Crippen LogP contribution in [-0.4, -0.2) is 30.0 Å². The molecule has 0 saturated heterocycles. The molecular formula is C18H23N3O3S. The molecular weight excluding hydrogens is 338 g/mol. The van der Waals surface area contributed by atoms with E-state index in [1.165, 1.54) is 11.3 Å². The number of nitrogens with one attached hydrogen (secondary N) is 2. The third-order valence-corrected chi connectivity index (χ3v) is 4.18. The van der Waals surface area contributed by atoms with E-state index in [0.29, 0.717) is 16.7 Å². The third kappa shape index (κ3) is 6.54. The molecule has 0 bridgehead atoms. The average Bonchev–Trinajstić information content (AvgIpc) is 3.03. The quantitative estimate of drug-likeness (QED) is 0.701. The van der Waals surface area contributed by atoms with E-state index in [2.05, 4.69) is 29.5 Å². The molecule has 1 aromatic carbocycles. The number of ether oxygens (including phenoxy) is 1. The summed E-state index contributed by atoms with van der Waals surface area (Å²) in [5.74, 6) is -0.390. The molecule has 0 radical (unpaired) electrons. The SMILES string of the molecule is Cc1ccc(NC(=O)COC(=O)c2csc(NCCC(C)C)n2)cc1. The Morgan fingerprint density at radius 1 is 1.24 bits per heavy atom. The van der Waals surface area contributed by atoms with E-state index in [1.807, 2.05) is 19.1 Å². The first-order valence-electron chi connectivity index (χ1n) is 8.17. The predicted molar refractivity (Wildman–Crippen MR) is 100 cm³/mol. The number of hydrogen-bond donors (Lipinski definition) is 2. The molecule has 0 aliphatic rings. The molecule has 6 nitrogen and oxygen atoms in total. The van der Waals surface area contributed by atoms with Crippen molar-refractivity contribution in [1.82, 2.24) is 4.98 Å². The van der Waals surface area contributed by atoms with Gasteiger partial charge in [-0.05, 0) is 31.4 Å². The number of aromatic nitrogens is 1. The molecule has 2 N–H and O–H groups in total. The van der Waals surface area contributed by atoms with Crippen molar-refractivity contribution >= 4 is 34.0 Å². The smallest absolute Gasteiger partial charge is 0.358 e. The molecule has 1 heterocycles. The van der Waals surface area contributed by atoms with Gasteiger partial charge in [0.1, 0.15) is 0 Å². The van der Waals surface area contributed by atoms with Gasteiger partial charge in [-0.25, -0.2) is 9.78 Å². The average molecular weight is 361 g/mol. The number of hydrogen-bond acceptors (Lipinski definition) is 6. The Labute approximate surface area is 151 Å². The van der Waals surface area contributed by atoms with Crippen molar-refractivity contribution in [2.24, 2.45) is 5.92 Å². The number of rotatable bonds is 8. The molecule has 134 valence electrons. The first-order chi connectivity index (χ1) is 11.9. The highest BCUT2D eigenvalue weighted by atomic mass is 32.1. The number of benzene rings is 1. The minimum Gasteiger partial charge on any atom is -0.451 e. The van der Waals surface area contributed by atoms with Crippen molar-refractivity contribution < 1.29 is 14.3 Å². The van der Waals surface area contributed by atoms with Crippen molar-refractivity contribution in [2.75, 3.05) is 23.8 Å². The zero-order valence-corrected chi connectivity index (χ0v) is 15.5. The number of anilines is 2. The molecule has 0 saturated carbocycles. The number of carbonyl (C=O) groups excluding carboxylic acids is 2. The minimum absolute atomic E-state index is 0.209. The Bertz CT molecular complexity index is 711. The largest absolute Gasteiger partial charge is 0.451 e. The van der Waals surface area contributed by atoms with Crippen molar-refractivity contribution in [3.8, 4) is 0 Å². The van der Waals surface area contributed by atoms with Crippen molar-refractivity contribution in [3.63, 3.8) is 0 Å². The minimum atomic E-state index is -0.604. The topological polar surface area (TPSA) is 80.3 Å². The lowest BCUT2D eigenvalue weighted by molar-refractivity contribution is -0.119. The first kappa shape index (κ1) is 18.9. The van der Waals surface area contributed by atoms with Gasteiger partial charge in [0.25, 0.3) is 5.91 Å². The fourth-order valence-electron chi connectivity index (χ4n) is 1.96. The summed E-state index contributed by atoms with van der Waals surface area (Å²) in [5.41, 5.74) is 1.97. The van der Waals surface area contributed by atoms with E-state index >= 15 is 0 Å². The summed E-state index contributed by atoms with van der Waals surface area (Å²) in [7, 11) is 0. The van der Waals surface area contributed by atoms with Crippen LogP contribution in [-0.2, 0) is 9.53 Å². The molecule has 0 aliphatic heterocycles. The standard InChI is InChI=1S/C18H23N3O3S/c1-12(2)8-9-19-18-21-15(11-25-18)17(23)24-10-16(22)20-14-6-4-13(3)5-7-14/h4-7,11-12H,8-10H2,1-3H3,(H,19,21)(H,20,22). The van der Waals surface area contributed by atoms with Gasteiger partial charge >= 0.3 is 5.97 Å². The highest BCUT2D eigenvalue weighted by Crippen LogP contribution is 2.16. The zero-order chi connectivity index (χ0) is 18.2. The zero-order valence-electron chi connectivity index (χ0n) is 14.7. The van der Waals surface area contributed by atoms with Crippen LogP contribution in [0.1, 0.15) is 36.3 Å². The van der Waals surface area contributed by atoms with Crippen molar-refractivity contribution in [3.05, 3.63) is 40.9 Å². The lowest BCUT2D eigenvalue weighted by Gasteiger charge is -2.06. The Kier molecular flexibility index (Phi) is 6.94. The van der Waals surface area contributed by atoms with Crippen LogP contribution < -0.4 is 10.6 Å². The number of amides is 1. The molecule has 0 spiro atoms. The second-order valence-electron chi connectivity index (χ2n) is 6.14. The maximum absolute atomic E-state index is 12.0. The maximum Gasteiger partial charge on any atom is 0.358 e. The molecule has 25 heavy (non-hydrogen) atoms. The van der Waals surface area contributed by atoms with Gasteiger partial charge in [0.05, 0.1) is 0 Å². The highest BCUT2D eigenvalue weighted by molar-refractivity contribution is 7.13. The normalized spacial score (nSPS) is 10.6. The molecule has 7 heteroatoms. The highest BCUT2D eigenvalue weighted by Gasteiger charge is 2.14. The van der Waals surface area contributed by atoms with Crippen LogP contribution in [0.5, 0.6) is 0 Å². The fraction of sp³-hybridized carbons (Fsp3) is 0.389. The summed E-state index contributed by atoms with van der Waals surface area (Å²) < 4.78 is 5.01. The molecule has 0 atom stereocenters. The van der Waals surface area contributed by atoms with Gasteiger partial charge in [0, 0.05) is 17.6 Å². The molecule has 2 aromatic rings. The Morgan fingerprint density at radius 3 is 2.64 bits per heavy atom. The van der Waals surface area contributed by atoms with Crippen LogP contribution in [0.2, 0.25) is 0 Å². The maximum atomic E-state index is 12.0. The molecule has 0 aliphatic carbocycles. The van der Waals surface area contributed by atoms with E-state index in [-0.39, 0.29) is 18.2 Å². The summed E-state index contributed by atoms with van der Waals surface area (Å²) in [6, 6.07) is 7.38. The number of aryl methyl sites for hydroxylation is 1. The third-order valence-electron chi connectivity index (χ3n) is 3.38. The van der Waals surface area contributed by atoms with Gasteiger partial charge in [-0.3, -0.25) is 4.79 Å². The number of carbonyl (C=O) groups is 2. The van der Waals surface area contributed by atoms with E-state index in [4.69, 9.17) is 4.74 Å². The molecule has 1 aromatic heterocycles. The van der Waals surface area contributed by atoms with Crippen LogP contribution in [0.15, 0.2) is 29.6 Å². The van der Waals surface area contributed by atoms with Gasteiger partial charge in [-0.15, -0.1) is 11.3 Å². The summed E-state index contributed by atoms with van der Waals surface area (Å²) in [6.07, 6.45) is 1.03. The van der Waals surface area contributed by atoms with E-state index in [1.54, 1.807) is 17.5 Å². The second-order valence-corrected chi connectivity index (χ2v) is 7.00. The summed E-state index contributed by atoms with van der Waals surface area (Å²) >= 11 is 1.34.